The molecule has 18 heavy (non-hydrogen) atoms. The molecule has 0 unspecified atom stereocenters. The lowest BCUT2D eigenvalue weighted by atomic mass is 10.3. The van der Waals surface area contributed by atoms with Crippen molar-refractivity contribution in [2.45, 2.75) is 0 Å². The van der Waals surface area contributed by atoms with Gasteiger partial charge in [-0.15, -0.1) is 0 Å². The predicted octanol–water partition coefficient (Wildman–Crippen LogP) is 2.24. The van der Waals surface area contributed by atoms with Gasteiger partial charge in [-0.2, -0.15) is 9.78 Å². The van der Waals surface area contributed by atoms with Crippen molar-refractivity contribution in [2.24, 2.45) is 5.10 Å². The maximum Gasteiger partial charge on any atom is 0.328 e. The van der Waals surface area contributed by atoms with Crippen LogP contribution in [-0.4, -0.2) is 16.0 Å². The molecule has 1 aromatic carbocycles. The first-order valence-corrected chi connectivity index (χ1v) is 5.98. The Morgan fingerprint density at radius 3 is 3.06 bits per heavy atom. The smallest absolute Gasteiger partial charge is 0.328 e. The van der Waals surface area contributed by atoms with Crippen molar-refractivity contribution >= 4 is 27.8 Å². The van der Waals surface area contributed by atoms with Crippen LogP contribution in [0, 0.1) is 0 Å². The van der Waals surface area contributed by atoms with Crippen LogP contribution in [0.15, 0.2) is 50.9 Å². The first kappa shape index (κ1) is 10.8. The fraction of sp³-hybridized carbons (Fsp3) is 0. The topological polar surface area (TPSA) is 67.7 Å². The summed E-state index contributed by atoms with van der Waals surface area (Å²) in [5, 5.41) is 13.5. The zero-order valence-corrected chi connectivity index (χ0v) is 9.92. The highest BCUT2D eigenvalue weighted by Gasteiger charge is 2.06. The Labute approximate surface area is 105 Å². The molecule has 3 rings (SSSR count). The third-order valence-electron chi connectivity index (χ3n) is 2.38. The normalized spacial score (nSPS) is 11.6. The third-order valence-corrected chi connectivity index (χ3v) is 3.30. The van der Waals surface area contributed by atoms with Gasteiger partial charge in [-0.1, -0.05) is 11.3 Å². The zero-order valence-electron chi connectivity index (χ0n) is 9.11. The Morgan fingerprint density at radius 1 is 1.39 bits per heavy atom. The summed E-state index contributed by atoms with van der Waals surface area (Å²) in [5.41, 5.74) is 0.577. The van der Waals surface area contributed by atoms with Crippen molar-refractivity contribution in [3.8, 4) is 5.75 Å². The van der Waals surface area contributed by atoms with E-state index in [9.17, 15) is 9.90 Å². The number of aromatic hydroxyl groups is 1. The van der Waals surface area contributed by atoms with E-state index in [2.05, 4.69) is 5.10 Å². The van der Waals surface area contributed by atoms with Crippen LogP contribution in [0.1, 0.15) is 5.76 Å². The van der Waals surface area contributed by atoms with Gasteiger partial charge in [-0.25, -0.2) is 0 Å². The van der Waals surface area contributed by atoms with E-state index in [0.717, 1.165) is 16.0 Å². The molecule has 0 amide bonds. The lowest BCUT2D eigenvalue weighted by Gasteiger charge is -1.95. The van der Waals surface area contributed by atoms with Crippen LogP contribution in [0.5, 0.6) is 5.75 Å². The van der Waals surface area contributed by atoms with Gasteiger partial charge in [0.05, 0.1) is 22.7 Å². The van der Waals surface area contributed by atoms with E-state index in [1.165, 1.54) is 23.2 Å². The molecular formula is C12H8N2O3S. The van der Waals surface area contributed by atoms with Gasteiger partial charge in [0.2, 0.25) is 0 Å². The number of hydrogen-bond donors (Lipinski definition) is 1. The highest BCUT2D eigenvalue weighted by atomic mass is 32.1. The number of phenols is 1. The summed E-state index contributed by atoms with van der Waals surface area (Å²) in [4.78, 5) is 11.6. The van der Waals surface area contributed by atoms with Gasteiger partial charge in [-0.05, 0) is 24.3 Å². The molecule has 0 atom stereocenters. The van der Waals surface area contributed by atoms with E-state index in [4.69, 9.17) is 4.42 Å². The van der Waals surface area contributed by atoms with E-state index in [0.29, 0.717) is 11.3 Å². The maximum atomic E-state index is 11.8. The van der Waals surface area contributed by atoms with E-state index < -0.39 is 0 Å². The van der Waals surface area contributed by atoms with Crippen molar-refractivity contribution in [2.75, 3.05) is 0 Å². The second-order valence-electron chi connectivity index (χ2n) is 3.59. The summed E-state index contributed by atoms with van der Waals surface area (Å²) in [5.74, 6) is 0.656. The summed E-state index contributed by atoms with van der Waals surface area (Å²) >= 11 is 1.08. The van der Waals surface area contributed by atoms with Crippen LogP contribution in [-0.2, 0) is 0 Å². The number of phenolic OH excluding ortho intramolecular Hbond substituents is 1. The van der Waals surface area contributed by atoms with Crippen LogP contribution in [0.3, 0.4) is 0 Å². The Bertz CT molecular complexity index is 768. The van der Waals surface area contributed by atoms with Crippen molar-refractivity contribution in [3.63, 3.8) is 0 Å². The third kappa shape index (κ3) is 1.82. The average molecular weight is 260 g/mol. The number of hydrogen-bond acceptors (Lipinski definition) is 5. The number of fused-ring (bicyclic) bond motifs is 1. The van der Waals surface area contributed by atoms with Crippen molar-refractivity contribution in [3.05, 3.63) is 52.0 Å². The minimum atomic E-state index is -0.210. The highest BCUT2D eigenvalue weighted by molar-refractivity contribution is 7.16. The van der Waals surface area contributed by atoms with Gasteiger partial charge in [0.25, 0.3) is 0 Å². The second kappa shape index (κ2) is 4.15. The van der Waals surface area contributed by atoms with E-state index in [-0.39, 0.29) is 10.6 Å². The molecule has 0 aliphatic rings. The molecule has 90 valence electrons. The summed E-state index contributed by atoms with van der Waals surface area (Å²) < 4.78 is 7.11. The molecule has 1 N–H and O–H groups in total. The molecule has 3 aromatic rings. The summed E-state index contributed by atoms with van der Waals surface area (Å²) in [6.45, 7) is 0. The van der Waals surface area contributed by atoms with Gasteiger partial charge < -0.3 is 9.52 Å². The summed E-state index contributed by atoms with van der Waals surface area (Å²) in [6.07, 6.45) is 2.99. The largest absolute Gasteiger partial charge is 0.508 e. The molecule has 2 aromatic heterocycles. The molecule has 2 heterocycles. The predicted molar refractivity (Wildman–Crippen MR) is 69.4 cm³/mol. The Balaban J connectivity index is 2.14. The van der Waals surface area contributed by atoms with Crippen LogP contribution in [0.2, 0.25) is 0 Å². The first-order chi connectivity index (χ1) is 8.74. The van der Waals surface area contributed by atoms with E-state index >= 15 is 0 Å². The maximum absolute atomic E-state index is 11.8. The zero-order chi connectivity index (χ0) is 12.5. The molecular weight excluding hydrogens is 252 g/mol. The number of thiazole rings is 1. The van der Waals surface area contributed by atoms with Gasteiger partial charge in [0, 0.05) is 6.07 Å². The Morgan fingerprint density at radius 2 is 2.28 bits per heavy atom. The molecule has 0 radical (unpaired) electrons. The van der Waals surface area contributed by atoms with Crippen molar-refractivity contribution in [1.29, 1.82) is 0 Å². The minimum Gasteiger partial charge on any atom is -0.508 e. The molecule has 0 saturated carbocycles. The lowest BCUT2D eigenvalue weighted by molar-refractivity contribution is 0.476. The van der Waals surface area contributed by atoms with Crippen LogP contribution in [0.4, 0.5) is 0 Å². The molecule has 0 bridgehead atoms. The Hall–Kier alpha value is -2.34. The number of nitrogens with zero attached hydrogens (tertiary/aromatic N) is 2. The number of furan rings is 1. The molecule has 6 heteroatoms. The fourth-order valence-electron chi connectivity index (χ4n) is 1.58. The van der Waals surface area contributed by atoms with Crippen molar-refractivity contribution in [1.82, 2.24) is 4.68 Å². The monoisotopic (exact) mass is 260 g/mol. The van der Waals surface area contributed by atoms with E-state index in [1.54, 1.807) is 24.3 Å². The second-order valence-corrected chi connectivity index (χ2v) is 4.58. The Kier molecular flexibility index (Phi) is 2.49. The fourth-order valence-corrected chi connectivity index (χ4v) is 2.39. The molecule has 0 saturated heterocycles. The lowest BCUT2D eigenvalue weighted by Crippen LogP contribution is -2.07. The molecule has 0 aliphatic carbocycles. The van der Waals surface area contributed by atoms with Crippen LogP contribution < -0.4 is 4.87 Å². The van der Waals surface area contributed by atoms with Crippen molar-refractivity contribution < 1.29 is 9.52 Å². The number of rotatable bonds is 2. The standard InChI is InChI=1S/C12H8N2O3S/c15-8-3-4-11-10(6-8)14(12(16)18-11)13-7-9-2-1-5-17-9/h1-7,15H. The molecule has 0 spiro atoms. The molecule has 0 fully saturated rings. The van der Waals surface area contributed by atoms with E-state index in [1.807, 2.05) is 0 Å². The summed E-state index contributed by atoms with van der Waals surface area (Å²) in [6, 6.07) is 8.21. The minimum absolute atomic E-state index is 0.0993. The SMILES string of the molecule is O=c1sc2ccc(O)cc2n1N=Cc1ccco1. The van der Waals surface area contributed by atoms with Gasteiger partial charge in [0.1, 0.15) is 11.5 Å². The molecule has 5 nitrogen and oxygen atoms in total. The van der Waals surface area contributed by atoms with Gasteiger partial charge >= 0.3 is 4.87 Å². The van der Waals surface area contributed by atoms with Crippen LogP contribution in [0.25, 0.3) is 10.2 Å². The average Bonchev–Trinajstić information content (AvgIpc) is 2.94. The van der Waals surface area contributed by atoms with Gasteiger partial charge in [0.15, 0.2) is 0 Å². The number of aromatic nitrogens is 1. The number of benzene rings is 1. The van der Waals surface area contributed by atoms with Crippen LogP contribution >= 0.6 is 11.3 Å². The van der Waals surface area contributed by atoms with Gasteiger partial charge in [-0.3, -0.25) is 4.79 Å². The first-order valence-electron chi connectivity index (χ1n) is 5.16. The summed E-state index contributed by atoms with van der Waals surface area (Å²) in [7, 11) is 0. The highest BCUT2D eigenvalue weighted by Crippen LogP contribution is 2.21. The quantitative estimate of drug-likeness (QED) is 0.718. The molecule has 0 aliphatic heterocycles.